The molecule has 0 saturated carbocycles. The van der Waals surface area contributed by atoms with Crippen LogP contribution in [0.4, 0.5) is 0 Å². The number of aliphatic hydroxyl groups is 1. The molecule has 6 heteroatoms. The minimum Gasteiger partial charge on any atom is -0.480 e. The Balaban J connectivity index is 0.000000252. The van der Waals surface area contributed by atoms with Crippen molar-refractivity contribution in [3.8, 4) is 0 Å². The number of rotatable bonds is 2. The third-order valence-corrected chi connectivity index (χ3v) is 1.49. The van der Waals surface area contributed by atoms with E-state index >= 15 is 0 Å². The molecule has 6 nitrogen and oxygen atoms in total. The van der Waals surface area contributed by atoms with E-state index in [1.807, 2.05) is 0 Å². The predicted octanol–water partition coefficient (Wildman–Crippen LogP) is -1.11. The average Bonchev–Trinajstić information content (AvgIpc) is 2.57. The van der Waals surface area contributed by atoms with Crippen molar-refractivity contribution in [2.45, 2.75) is 18.9 Å². The fourth-order valence-corrected chi connectivity index (χ4v) is 0.895. The highest BCUT2D eigenvalue weighted by molar-refractivity contribution is 5.73. The van der Waals surface area contributed by atoms with E-state index in [9.17, 15) is 4.79 Å². The molecule has 0 bridgehead atoms. The molecule has 1 heterocycles. The highest BCUT2D eigenvalue weighted by Crippen LogP contribution is 2.03. The lowest BCUT2D eigenvalue weighted by atomic mass is 10.2. The van der Waals surface area contributed by atoms with E-state index in [0.717, 1.165) is 19.4 Å². The van der Waals surface area contributed by atoms with Crippen LogP contribution in [-0.2, 0) is 9.59 Å². The minimum absolute atomic E-state index is 0.269. The number of carbonyl (C=O) groups is 2. The maximum atomic E-state index is 10.1. The SMILES string of the molecule is O=C(O)C1CCCN1.O=C(O)CO. The van der Waals surface area contributed by atoms with Crippen molar-refractivity contribution in [3.63, 3.8) is 0 Å². The fraction of sp³-hybridized carbons (Fsp3) is 0.714. The average molecular weight is 191 g/mol. The van der Waals surface area contributed by atoms with Crippen LogP contribution in [0.25, 0.3) is 0 Å². The normalized spacial score (nSPS) is 20.2. The Bertz CT molecular complexity index is 176. The van der Waals surface area contributed by atoms with Gasteiger partial charge in [-0.2, -0.15) is 0 Å². The zero-order valence-corrected chi connectivity index (χ0v) is 7.06. The molecule has 0 aromatic carbocycles. The molecular weight excluding hydrogens is 178 g/mol. The Morgan fingerprint density at radius 3 is 2.08 bits per heavy atom. The highest BCUT2D eigenvalue weighted by Gasteiger charge is 2.20. The second kappa shape index (κ2) is 6.38. The summed E-state index contributed by atoms with van der Waals surface area (Å²) in [5, 5.41) is 26.2. The molecular formula is C7H13NO5. The second-order valence-corrected chi connectivity index (χ2v) is 2.54. The lowest BCUT2D eigenvalue weighted by molar-refractivity contribution is -0.140. The summed E-state index contributed by atoms with van der Waals surface area (Å²) in [7, 11) is 0. The van der Waals surface area contributed by atoms with Crippen molar-refractivity contribution < 1.29 is 24.9 Å². The van der Waals surface area contributed by atoms with Gasteiger partial charge in [0.05, 0.1) is 0 Å². The van der Waals surface area contributed by atoms with Gasteiger partial charge < -0.3 is 20.6 Å². The summed E-state index contributed by atoms with van der Waals surface area (Å²) in [6.45, 7) is 0.0803. The van der Waals surface area contributed by atoms with Crippen LogP contribution >= 0.6 is 0 Å². The molecule has 13 heavy (non-hydrogen) atoms. The molecule has 0 aromatic heterocycles. The van der Waals surface area contributed by atoms with Crippen molar-refractivity contribution in [2.24, 2.45) is 0 Å². The standard InChI is InChI=1S/C5H9NO2.C2H4O3/c7-5(8)4-2-1-3-6-4;3-1-2(4)5/h4,6H,1-3H2,(H,7,8);3H,1H2,(H,4,5). The Hall–Kier alpha value is -1.14. The Morgan fingerprint density at radius 1 is 1.38 bits per heavy atom. The summed E-state index contributed by atoms with van der Waals surface area (Å²) in [5.41, 5.74) is 0. The van der Waals surface area contributed by atoms with Gasteiger partial charge in [-0.05, 0) is 19.4 Å². The Morgan fingerprint density at radius 2 is 1.92 bits per heavy atom. The van der Waals surface area contributed by atoms with E-state index in [1.165, 1.54) is 0 Å². The molecule has 0 aliphatic carbocycles. The van der Waals surface area contributed by atoms with Crippen LogP contribution in [0, 0.1) is 0 Å². The van der Waals surface area contributed by atoms with Crippen LogP contribution < -0.4 is 5.32 Å². The van der Waals surface area contributed by atoms with Gasteiger partial charge in [-0.1, -0.05) is 0 Å². The first-order chi connectivity index (χ1) is 6.07. The minimum atomic E-state index is -1.19. The van der Waals surface area contributed by atoms with E-state index in [2.05, 4.69) is 5.32 Å². The summed E-state index contributed by atoms with van der Waals surface area (Å²) >= 11 is 0. The van der Waals surface area contributed by atoms with Crippen LogP contribution in [-0.4, -0.2) is 46.5 Å². The zero-order chi connectivity index (χ0) is 10.3. The maximum absolute atomic E-state index is 10.1. The van der Waals surface area contributed by atoms with E-state index in [4.69, 9.17) is 20.1 Å². The van der Waals surface area contributed by atoms with Crippen LogP contribution in [0.3, 0.4) is 0 Å². The first-order valence-electron chi connectivity index (χ1n) is 3.86. The molecule has 4 N–H and O–H groups in total. The van der Waals surface area contributed by atoms with Crippen LogP contribution in [0.15, 0.2) is 0 Å². The van der Waals surface area contributed by atoms with Gasteiger partial charge in [0.2, 0.25) is 0 Å². The quantitative estimate of drug-likeness (QED) is 0.440. The predicted molar refractivity (Wildman–Crippen MR) is 43.4 cm³/mol. The molecule has 0 amide bonds. The third kappa shape index (κ3) is 6.06. The van der Waals surface area contributed by atoms with Crippen molar-refractivity contribution in [1.82, 2.24) is 5.32 Å². The molecule has 1 aliphatic heterocycles. The van der Waals surface area contributed by atoms with Gasteiger partial charge >= 0.3 is 11.9 Å². The van der Waals surface area contributed by atoms with Gasteiger partial charge in [0.1, 0.15) is 12.6 Å². The topological polar surface area (TPSA) is 107 Å². The van der Waals surface area contributed by atoms with Crippen molar-refractivity contribution in [3.05, 3.63) is 0 Å². The molecule has 1 fully saturated rings. The lowest BCUT2D eigenvalue weighted by Crippen LogP contribution is -2.29. The summed E-state index contributed by atoms with van der Waals surface area (Å²) in [4.78, 5) is 19.3. The number of aliphatic carboxylic acids is 2. The second-order valence-electron chi connectivity index (χ2n) is 2.54. The van der Waals surface area contributed by atoms with Crippen molar-refractivity contribution in [2.75, 3.05) is 13.2 Å². The summed E-state index contributed by atoms with van der Waals surface area (Å²) in [6.07, 6.45) is 1.78. The highest BCUT2D eigenvalue weighted by atomic mass is 16.4. The zero-order valence-electron chi connectivity index (χ0n) is 7.06. The Kier molecular flexibility index (Phi) is 5.82. The van der Waals surface area contributed by atoms with E-state index in [-0.39, 0.29) is 6.04 Å². The van der Waals surface area contributed by atoms with Gasteiger partial charge in [-0.3, -0.25) is 4.79 Å². The lowest BCUT2D eigenvalue weighted by Gasteiger charge is -1.99. The number of hydrogen-bond acceptors (Lipinski definition) is 4. The monoisotopic (exact) mass is 191 g/mol. The third-order valence-electron chi connectivity index (χ3n) is 1.49. The first-order valence-corrected chi connectivity index (χ1v) is 3.86. The fourth-order valence-electron chi connectivity index (χ4n) is 0.895. The first kappa shape index (κ1) is 11.9. The van der Waals surface area contributed by atoms with E-state index < -0.39 is 18.5 Å². The smallest absolute Gasteiger partial charge is 0.329 e. The number of nitrogens with one attached hydrogen (secondary N) is 1. The summed E-state index contributed by atoms with van der Waals surface area (Å²) in [5.74, 6) is -1.91. The van der Waals surface area contributed by atoms with E-state index in [1.54, 1.807) is 0 Å². The Labute approximate surface area is 75.2 Å². The number of hydrogen-bond donors (Lipinski definition) is 4. The number of carboxylic acids is 2. The van der Waals surface area contributed by atoms with Crippen LogP contribution in [0.1, 0.15) is 12.8 Å². The van der Waals surface area contributed by atoms with Crippen molar-refractivity contribution in [1.29, 1.82) is 0 Å². The molecule has 1 aliphatic rings. The molecule has 1 unspecified atom stereocenters. The van der Waals surface area contributed by atoms with Crippen molar-refractivity contribution >= 4 is 11.9 Å². The summed E-state index contributed by atoms with van der Waals surface area (Å²) in [6, 6.07) is -0.269. The van der Waals surface area contributed by atoms with Gasteiger partial charge in [0, 0.05) is 0 Å². The van der Waals surface area contributed by atoms with Crippen LogP contribution in [0.5, 0.6) is 0 Å². The molecule has 1 rings (SSSR count). The molecule has 0 aromatic rings. The van der Waals surface area contributed by atoms with Gasteiger partial charge in [0.15, 0.2) is 0 Å². The van der Waals surface area contributed by atoms with Gasteiger partial charge in [-0.15, -0.1) is 0 Å². The largest absolute Gasteiger partial charge is 0.480 e. The molecule has 0 spiro atoms. The van der Waals surface area contributed by atoms with Gasteiger partial charge in [-0.25, -0.2) is 4.79 Å². The molecule has 0 radical (unpaired) electrons. The molecule has 76 valence electrons. The number of aliphatic hydroxyl groups excluding tert-OH is 1. The molecule has 1 saturated heterocycles. The van der Waals surface area contributed by atoms with E-state index in [0.29, 0.717) is 0 Å². The maximum Gasteiger partial charge on any atom is 0.329 e. The number of carboxylic acid groups (broad SMARTS) is 2. The molecule has 1 atom stereocenters. The summed E-state index contributed by atoms with van der Waals surface area (Å²) < 4.78 is 0. The van der Waals surface area contributed by atoms with Gasteiger partial charge in [0.25, 0.3) is 0 Å². The van der Waals surface area contributed by atoms with Crippen LogP contribution in [0.2, 0.25) is 0 Å².